The van der Waals surface area contributed by atoms with Crippen LogP contribution in [0.1, 0.15) is 56.9 Å². The Hall–Kier alpha value is -2.64. The Labute approximate surface area is 190 Å². The van der Waals surface area contributed by atoms with Gasteiger partial charge in [-0.05, 0) is 70.5 Å². The molecule has 32 heavy (non-hydrogen) atoms. The summed E-state index contributed by atoms with van der Waals surface area (Å²) < 4.78 is 11.3. The molecule has 0 bridgehead atoms. The third-order valence-electron chi connectivity index (χ3n) is 5.76. The van der Waals surface area contributed by atoms with Crippen LogP contribution in [0.15, 0.2) is 30.3 Å². The van der Waals surface area contributed by atoms with Crippen LogP contribution in [0.2, 0.25) is 0 Å². The fourth-order valence-corrected chi connectivity index (χ4v) is 4.37. The largest absolute Gasteiger partial charge is 0.491 e. The highest BCUT2D eigenvalue weighted by Crippen LogP contribution is 2.30. The first-order valence-corrected chi connectivity index (χ1v) is 11.5. The van der Waals surface area contributed by atoms with E-state index in [0.29, 0.717) is 18.6 Å². The number of nitrogens with one attached hydrogen (secondary N) is 2. The lowest BCUT2D eigenvalue weighted by Crippen LogP contribution is -2.20. The van der Waals surface area contributed by atoms with Crippen LogP contribution in [-0.2, 0) is 17.9 Å². The molecule has 3 aromatic rings. The summed E-state index contributed by atoms with van der Waals surface area (Å²) in [5.41, 5.74) is 4.39. The van der Waals surface area contributed by atoms with E-state index in [1.54, 1.807) is 7.11 Å². The molecule has 1 unspecified atom stereocenters. The van der Waals surface area contributed by atoms with E-state index >= 15 is 0 Å². The minimum Gasteiger partial charge on any atom is -0.491 e. The Bertz CT molecular complexity index is 1050. The first-order valence-electron chi connectivity index (χ1n) is 11.5. The van der Waals surface area contributed by atoms with Crippen LogP contribution in [0.4, 0.5) is 5.82 Å². The van der Waals surface area contributed by atoms with Gasteiger partial charge < -0.3 is 14.8 Å². The average Bonchev–Trinajstić information content (AvgIpc) is 3.36. The van der Waals surface area contributed by atoms with E-state index in [4.69, 9.17) is 14.5 Å². The molecule has 1 aromatic carbocycles. The monoisotopic (exact) mass is 437 g/mol. The number of rotatable bonds is 9. The Morgan fingerprint density at radius 2 is 2.03 bits per heavy atom. The van der Waals surface area contributed by atoms with Crippen molar-refractivity contribution in [1.29, 1.82) is 0 Å². The normalized spacial score (nSPS) is 17.0. The lowest BCUT2D eigenvalue weighted by Gasteiger charge is -2.19. The van der Waals surface area contributed by atoms with E-state index in [1.165, 1.54) is 5.56 Å². The van der Waals surface area contributed by atoms with Crippen LogP contribution >= 0.6 is 0 Å². The molecule has 7 heteroatoms. The molecular formula is C25H35N5O2. The number of fused-ring (bicyclic) bond motifs is 1. The van der Waals surface area contributed by atoms with Gasteiger partial charge in [-0.2, -0.15) is 5.10 Å². The summed E-state index contributed by atoms with van der Waals surface area (Å²) in [7, 11) is 1.72. The average molecular weight is 438 g/mol. The Kier molecular flexibility index (Phi) is 6.96. The van der Waals surface area contributed by atoms with Crippen molar-refractivity contribution in [1.82, 2.24) is 20.1 Å². The molecule has 2 aromatic heterocycles. The fraction of sp³-hybridized carbons (Fsp3) is 0.520. The zero-order valence-electron chi connectivity index (χ0n) is 19.8. The molecule has 1 atom stereocenters. The minimum atomic E-state index is 0.146. The number of pyridine rings is 1. The molecule has 1 saturated heterocycles. The summed E-state index contributed by atoms with van der Waals surface area (Å²) in [6.45, 7) is 11.9. The Morgan fingerprint density at radius 1 is 1.19 bits per heavy atom. The van der Waals surface area contributed by atoms with Gasteiger partial charge in [0.1, 0.15) is 5.75 Å². The van der Waals surface area contributed by atoms with Gasteiger partial charge in [-0.25, -0.2) is 4.98 Å². The van der Waals surface area contributed by atoms with Gasteiger partial charge in [0.15, 0.2) is 11.5 Å². The maximum atomic E-state index is 5.94. The number of aromatic nitrogens is 3. The van der Waals surface area contributed by atoms with Crippen molar-refractivity contribution in [3.63, 3.8) is 0 Å². The zero-order chi connectivity index (χ0) is 22.7. The molecule has 0 aliphatic carbocycles. The third-order valence-corrected chi connectivity index (χ3v) is 5.76. The second-order valence-electron chi connectivity index (χ2n) is 9.27. The second-order valence-corrected chi connectivity index (χ2v) is 9.27. The number of H-pyrrole nitrogens is 1. The van der Waals surface area contributed by atoms with Gasteiger partial charge in [0.05, 0.1) is 18.1 Å². The number of benzene rings is 1. The van der Waals surface area contributed by atoms with Crippen molar-refractivity contribution in [3.05, 3.63) is 47.2 Å². The smallest absolute Gasteiger partial charge is 0.157 e. The first-order chi connectivity index (χ1) is 15.4. The minimum absolute atomic E-state index is 0.146. The van der Waals surface area contributed by atoms with E-state index in [0.717, 1.165) is 59.9 Å². The van der Waals surface area contributed by atoms with Crippen LogP contribution in [-0.4, -0.2) is 52.4 Å². The molecule has 2 N–H and O–H groups in total. The van der Waals surface area contributed by atoms with E-state index in [9.17, 15) is 0 Å². The van der Waals surface area contributed by atoms with Crippen LogP contribution in [0.3, 0.4) is 0 Å². The van der Waals surface area contributed by atoms with Gasteiger partial charge in [-0.3, -0.25) is 10.00 Å². The fourth-order valence-electron chi connectivity index (χ4n) is 4.37. The number of anilines is 1. The topological polar surface area (TPSA) is 75.3 Å². The molecule has 0 amide bonds. The molecule has 0 saturated carbocycles. The molecule has 1 aliphatic heterocycles. The maximum absolute atomic E-state index is 5.94. The summed E-state index contributed by atoms with van der Waals surface area (Å²) in [6, 6.07) is 11.1. The molecule has 0 spiro atoms. The first kappa shape index (κ1) is 22.6. The van der Waals surface area contributed by atoms with Gasteiger partial charge in [0.25, 0.3) is 0 Å². The number of hydrogen-bond acceptors (Lipinski definition) is 6. The second kappa shape index (κ2) is 9.88. The summed E-state index contributed by atoms with van der Waals surface area (Å²) >= 11 is 0. The highest BCUT2D eigenvalue weighted by Gasteiger charge is 2.25. The molecule has 0 radical (unpaired) electrons. The predicted molar refractivity (Wildman–Crippen MR) is 128 cm³/mol. The van der Waals surface area contributed by atoms with Gasteiger partial charge in [0.2, 0.25) is 0 Å². The van der Waals surface area contributed by atoms with Gasteiger partial charge >= 0.3 is 0 Å². The quantitative estimate of drug-likeness (QED) is 0.505. The molecule has 4 rings (SSSR count). The van der Waals surface area contributed by atoms with Crippen LogP contribution in [0.5, 0.6) is 5.75 Å². The van der Waals surface area contributed by atoms with Crippen LogP contribution in [0, 0.1) is 0 Å². The lowest BCUT2D eigenvalue weighted by molar-refractivity contribution is 0.174. The molecule has 1 aliphatic rings. The Morgan fingerprint density at radius 3 is 2.78 bits per heavy atom. The van der Waals surface area contributed by atoms with E-state index in [2.05, 4.69) is 64.6 Å². The number of methoxy groups -OCH3 is 1. The lowest BCUT2D eigenvalue weighted by atomic mass is 10.0. The molecule has 3 heterocycles. The van der Waals surface area contributed by atoms with Gasteiger partial charge in [0, 0.05) is 43.4 Å². The highest BCUT2D eigenvalue weighted by atomic mass is 16.5. The van der Waals surface area contributed by atoms with Crippen molar-refractivity contribution in [3.8, 4) is 5.75 Å². The van der Waals surface area contributed by atoms with Crippen LogP contribution < -0.4 is 10.1 Å². The SMILES string of the molecule is COCc1cc(CN2CCC(c3ccc4c(NC(C)C)n[nH]c4n3)C2)ccc1OC(C)C. The summed E-state index contributed by atoms with van der Waals surface area (Å²) in [6.07, 6.45) is 1.26. The number of likely N-dealkylation sites (tertiary alicyclic amines) is 1. The molecule has 1 fully saturated rings. The van der Waals surface area contributed by atoms with Crippen molar-refractivity contribution in [2.45, 2.75) is 65.3 Å². The number of hydrogen-bond donors (Lipinski definition) is 2. The summed E-state index contributed by atoms with van der Waals surface area (Å²) in [5.74, 6) is 2.22. The van der Waals surface area contributed by atoms with Gasteiger partial charge in [-0.1, -0.05) is 6.07 Å². The summed E-state index contributed by atoms with van der Waals surface area (Å²) in [4.78, 5) is 7.39. The standard InChI is InChI=1S/C25H35N5O2/c1-16(2)26-24-21-7-8-22(27-25(21)29-28-24)19-10-11-30(14-19)13-18-6-9-23(32-17(3)4)20(12-18)15-31-5/h6-9,12,16-17,19H,10-11,13-15H2,1-5H3,(H2,26,27,28,29). The van der Waals surface area contributed by atoms with E-state index in [1.807, 2.05) is 13.8 Å². The zero-order valence-corrected chi connectivity index (χ0v) is 19.8. The molecule has 7 nitrogen and oxygen atoms in total. The molecular weight excluding hydrogens is 402 g/mol. The van der Waals surface area contributed by atoms with Crippen molar-refractivity contribution in [2.24, 2.45) is 0 Å². The number of nitrogens with zero attached hydrogens (tertiary/aromatic N) is 3. The third kappa shape index (κ3) is 5.22. The molecule has 172 valence electrons. The summed E-state index contributed by atoms with van der Waals surface area (Å²) in [5, 5.41) is 11.9. The predicted octanol–water partition coefficient (Wildman–Crippen LogP) is 4.70. The number of aromatic amines is 1. The van der Waals surface area contributed by atoms with E-state index < -0.39 is 0 Å². The van der Waals surface area contributed by atoms with Crippen molar-refractivity contribution < 1.29 is 9.47 Å². The van der Waals surface area contributed by atoms with Crippen LogP contribution in [0.25, 0.3) is 11.0 Å². The van der Waals surface area contributed by atoms with E-state index in [-0.39, 0.29) is 6.10 Å². The Balaban J connectivity index is 1.43. The highest BCUT2D eigenvalue weighted by molar-refractivity contribution is 5.87. The van der Waals surface area contributed by atoms with Gasteiger partial charge in [-0.15, -0.1) is 0 Å². The number of ether oxygens (including phenoxy) is 2. The van der Waals surface area contributed by atoms with Crippen molar-refractivity contribution >= 4 is 16.9 Å². The maximum Gasteiger partial charge on any atom is 0.157 e. The van der Waals surface area contributed by atoms with Crippen molar-refractivity contribution in [2.75, 3.05) is 25.5 Å².